The van der Waals surface area contributed by atoms with Gasteiger partial charge in [0.05, 0.1) is 12.1 Å². The summed E-state index contributed by atoms with van der Waals surface area (Å²) in [6, 6.07) is 5.54. The van der Waals surface area contributed by atoms with Gasteiger partial charge >= 0.3 is 0 Å². The molecule has 0 amide bonds. The highest BCUT2D eigenvalue weighted by Gasteiger charge is 2.45. The normalized spacial score (nSPS) is 24.7. The molecule has 5 rings (SSSR count). The summed E-state index contributed by atoms with van der Waals surface area (Å²) in [5.41, 5.74) is 2.90. The first-order valence-corrected chi connectivity index (χ1v) is 8.94. The zero-order valence-electron chi connectivity index (χ0n) is 14.2. The maximum Gasteiger partial charge on any atom is 0.272 e. The Bertz CT molecular complexity index is 907. The van der Waals surface area contributed by atoms with Gasteiger partial charge in [0.1, 0.15) is 5.71 Å². The molecule has 7 heteroatoms. The van der Waals surface area contributed by atoms with Crippen LogP contribution in [0.15, 0.2) is 29.4 Å². The highest BCUT2D eigenvalue weighted by atomic mass is 16.7. The van der Waals surface area contributed by atoms with E-state index in [9.17, 15) is 0 Å². The van der Waals surface area contributed by atoms with Crippen molar-refractivity contribution in [1.82, 2.24) is 15.5 Å². The van der Waals surface area contributed by atoms with Crippen LogP contribution in [0.3, 0.4) is 0 Å². The number of rotatable bonds is 2. The topological polar surface area (TPSA) is 75.9 Å². The Balaban J connectivity index is 1.65. The molecule has 7 nitrogen and oxygen atoms in total. The number of nitrogens with one attached hydrogen (secondary N) is 2. The number of aliphatic imine (C=N–C) groups is 1. The summed E-state index contributed by atoms with van der Waals surface area (Å²) in [5, 5.41) is 10.6. The molecule has 26 heavy (non-hydrogen) atoms. The zero-order valence-corrected chi connectivity index (χ0v) is 14.2. The molecule has 2 atom stereocenters. The highest BCUT2D eigenvalue weighted by Crippen LogP contribution is 2.47. The molecular formula is C19H19N5O2. The Labute approximate surface area is 151 Å². The van der Waals surface area contributed by atoms with Gasteiger partial charge < -0.3 is 19.6 Å². The molecule has 2 unspecified atom stereocenters. The minimum absolute atomic E-state index is 0.153. The average Bonchev–Trinajstić information content (AvgIpc) is 3.36. The molecule has 132 valence electrons. The van der Waals surface area contributed by atoms with E-state index >= 15 is 0 Å². The van der Waals surface area contributed by atoms with E-state index in [0.717, 1.165) is 60.1 Å². The Morgan fingerprint density at radius 2 is 2.04 bits per heavy atom. The number of piperidine rings is 1. The van der Waals surface area contributed by atoms with Crippen molar-refractivity contribution in [1.29, 1.82) is 0 Å². The summed E-state index contributed by atoms with van der Waals surface area (Å²) < 4.78 is 11.3. The summed E-state index contributed by atoms with van der Waals surface area (Å²) >= 11 is 0. The molecule has 1 saturated heterocycles. The fourth-order valence-corrected chi connectivity index (χ4v) is 4.27. The van der Waals surface area contributed by atoms with Crippen molar-refractivity contribution in [3.63, 3.8) is 0 Å². The van der Waals surface area contributed by atoms with Gasteiger partial charge in [-0.1, -0.05) is 12.1 Å². The number of hydrogen-bond acceptors (Lipinski definition) is 5. The van der Waals surface area contributed by atoms with Gasteiger partial charge in [0, 0.05) is 17.0 Å². The van der Waals surface area contributed by atoms with E-state index in [1.807, 2.05) is 18.2 Å². The molecule has 1 fully saturated rings. The number of aromatic amines is 1. The van der Waals surface area contributed by atoms with Crippen LogP contribution in [0, 0.1) is 12.5 Å². The van der Waals surface area contributed by atoms with Crippen LogP contribution in [0.1, 0.15) is 29.9 Å². The van der Waals surface area contributed by atoms with Crippen LogP contribution in [0.5, 0.6) is 11.5 Å². The van der Waals surface area contributed by atoms with Crippen LogP contribution in [0.4, 0.5) is 5.82 Å². The Kier molecular flexibility index (Phi) is 3.64. The highest BCUT2D eigenvalue weighted by molar-refractivity contribution is 5.98. The lowest BCUT2D eigenvalue weighted by Crippen LogP contribution is -2.39. The second-order valence-corrected chi connectivity index (χ2v) is 6.87. The number of ether oxygens (including phenoxy) is 2. The fraction of sp³-hybridized carbons (Fsp3) is 0.421. The lowest BCUT2D eigenvalue weighted by molar-refractivity contribution is 0.173. The van der Waals surface area contributed by atoms with E-state index in [-0.39, 0.29) is 18.8 Å². The SMILES string of the molecule is [C-]#[N+]C1C(C2CCNCC2)=Nc2[nH]ncc2C1c1cccc2c1OCO2. The summed E-state index contributed by atoms with van der Waals surface area (Å²) in [5.74, 6) is 2.41. The van der Waals surface area contributed by atoms with Crippen molar-refractivity contribution in [2.75, 3.05) is 19.9 Å². The van der Waals surface area contributed by atoms with Crippen LogP contribution in [-0.2, 0) is 0 Å². The third-order valence-electron chi connectivity index (χ3n) is 5.50. The summed E-state index contributed by atoms with van der Waals surface area (Å²) in [6.07, 6.45) is 3.80. The number of aromatic nitrogens is 2. The molecule has 0 radical (unpaired) electrons. The van der Waals surface area contributed by atoms with Crippen molar-refractivity contribution in [3.8, 4) is 11.5 Å². The molecule has 0 bridgehead atoms. The third-order valence-corrected chi connectivity index (χ3v) is 5.50. The molecular weight excluding hydrogens is 330 g/mol. The summed E-state index contributed by atoms with van der Waals surface area (Å²) in [7, 11) is 0. The number of H-pyrrole nitrogens is 1. The van der Waals surface area contributed by atoms with Crippen molar-refractivity contribution in [3.05, 3.63) is 46.9 Å². The van der Waals surface area contributed by atoms with Gasteiger partial charge in [-0.15, -0.1) is 0 Å². The zero-order chi connectivity index (χ0) is 17.5. The van der Waals surface area contributed by atoms with Crippen LogP contribution in [0.25, 0.3) is 4.85 Å². The lowest BCUT2D eigenvalue weighted by Gasteiger charge is -2.30. The number of benzene rings is 1. The minimum atomic E-state index is -0.348. The van der Waals surface area contributed by atoms with Crippen molar-refractivity contribution in [2.45, 2.75) is 24.8 Å². The standard InChI is InChI=1S/C19H19N5O2/c1-20-17-15(12-3-2-4-14-18(12)26-10-25-14)13-9-22-24-19(13)23-16(17)11-5-7-21-8-6-11/h2-4,9,11,15,17,21H,5-8,10H2,(H,22,24). The van der Waals surface area contributed by atoms with E-state index in [0.29, 0.717) is 5.92 Å². The number of para-hydroxylation sites is 1. The van der Waals surface area contributed by atoms with E-state index < -0.39 is 0 Å². The van der Waals surface area contributed by atoms with Crippen LogP contribution in [-0.4, -0.2) is 41.8 Å². The van der Waals surface area contributed by atoms with Crippen molar-refractivity contribution in [2.24, 2.45) is 10.9 Å². The summed E-state index contributed by atoms with van der Waals surface area (Å²) in [6.45, 7) is 10.1. The maximum absolute atomic E-state index is 7.94. The van der Waals surface area contributed by atoms with E-state index in [1.54, 1.807) is 6.20 Å². The number of hydrogen-bond donors (Lipinski definition) is 2. The van der Waals surface area contributed by atoms with Gasteiger partial charge in [0.25, 0.3) is 6.04 Å². The molecule has 0 spiro atoms. The van der Waals surface area contributed by atoms with Gasteiger partial charge in [-0.05, 0) is 32.0 Å². The Morgan fingerprint density at radius 3 is 2.88 bits per heavy atom. The van der Waals surface area contributed by atoms with Crippen LogP contribution < -0.4 is 14.8 Å². The largest absolute Gasteiger partial charge is 0.454 e. The van der Waals surface area contributed by atoms with Crippen molar-refractivity contribution < 1.29 is 9.47 Å². The predicted octanol–water partition coefficient (Wildman–Crippen LogP) is 2.64. The molecule has 2 N–H and O–H groups in total. The fourth-order valence-electron chi connectivity index (χ4n) is 4.27. The van der Waals surface area contributed by atoms with Gasteiger partial charge in [-0.3, -0.25) is 5.10 Å². The van der Waals surface area contributed by atoms with Gasteiger partial charge in [-0.25, -0.2) is 11.6 Å². The lowest BCUT2D eigenvalue weighted by atomic mass is 9.76. The quantitative estimate of drug-likeness (QED) is 0.818. The van der Waals surface area contributed by atoms with E-state index in [2.05, 4.69) is 20.4 Å². The molecule has 3 aliphatic rings. The van der Waals surface area contributed by atoms with Gasteiger partial charge in [-0.2, -0.15) is 5.10 Å². The van der Waals surface area contributed by atoms with E-state index in [1.165, 1.54) is 0 Å². The first kappa shape index (κ1) is 15.4. The first-order chi connectivity index (χ1) is 12.9. The van der Waals surface area contributed by atoms with Gasteiger partial charge in [0.2, 0.25) is 6.79 Å². The van der Waals surface area contributed by atoms with Gasteiger partial charge in [0.15, 0.2) is 17.3 Å². The number of nitrogens with zero attached hydrogens (tertiary/aromatic N) is 3. The van der Waals surface area contributed by atoms with E-state index in [4.69, 9.17) is 21.0 Å². The Morgan fingerprint density at radius 1 is 1.15 bits per heavy atom. The number of fused-ring (bicyclic) bond motifs is 2. The first-order valence-electron chi connectivity index (χ1n) is 8.94. The molecule has 2 aromatic rings. The summed E-state index contributed by atoms with van der Waals surface area (Å²) in [4.78, 5) is 8.86. The molecule has 0 aliphatic carbocycles. The molecule has 1 aromatic carbocycles. The molecule has 1 aromatic heterocycles. The minimum Gasteiger partial charge on any atom is -0.454 e. The van der Waals surface area contributed by atoms with Crippen LogP contribution >= 0.6 is 0 Å². The predicted molar refractivity (Wildman–Crippen MR) is 96.1 cm³/mol. The maximum atomic E-state index is 7.94. The monoisotopic (exact) mass is 349 g/mol. The van der Waals surface area contributed by atoms with Crippen molar-refractivity contribution >= 4 is 11.5 Å². The smallest absolute Gasteiger partial charge is 0.272 e. The molecule has 0 saturated carbocycles. The average molecular weight is 349 g/mol. The Hall–Kier alpha value is -2.85. The van der Waals surface area contributed by atoms with Crippen LogP contribution in [0.2, 0.25) is 0 Å². The molecule has 4 heterocycles. The second-order valence-electron chi connectivity index (χ2n) is 6.87. The molecule has 3 aliphatic heterocycles. The second kappa shape index (κ2) is 6.15. The third kappa shape index (κ3) is 2.30.